The molecule has 0 aliphatic carbocycles. The van der Waals surface area contributed by atoms with E-state index in [0.717, 1.165) is 0 Å². The molecule has 0 bridgehead atoms. The van der Waals surface area contributed by atoms with E-state index in [9.17, 15) is 9.90 Å². The van der Waals surface area contributed by atoms with Gasteiger partial charge in [0.25, 0.3) is 0 Å². The Balaban J connectivity index is 2.35. The van der Waals surface area contributed by atoms with E-state index < -0.39 is 30.1 Å². The Morgan fingerprint density at radius 1 is 1.38 bits per heavy atom. The summed E-state index contributed by atoms with van der Waals surface area (Å²) in [5.74, 6) is -1.51. The van der Waals surface area contributed by atoms with Gasteiger partial charge < -0.3 is 14.4 Å². The van der Waals surface area contributed by atoms with Gasteiger partial charge in [-0.25, -0.2) is 0 Å². The number of aliphatic carboxylic acids is 1. The Hall–Kier alpha value is -1.11. The zero-order valence-corrected chi connectivity index (χ0v) is 13.3. The van der Waals surface area contributed by atoms with Gasteiger partial charge in [-0.1, -0.05) is 11.6 Å². The fraction of sp³-hybridized carbons (Fsp3) is 0.571. The zero-order chi connectivity index (χ0) is 15.8. The maximum Gasteiger partial charge on any atom is 0.468 e. The molecule has 1 atom stereocenters. The van der Waals surface area contributed by atoms with E-state index >= 15 is 0 Å². The van der Waals surface area contributed by atoms with Crippen LogP contribution in [0.25, 0.3) is 0 Å². The molecular weight excluding hydrogens is 292 g/mol. The number of carbonyl (C=O) groups is 1. The third kappa shape index (κ3) is 3.22. The molecule has 1 aromatic rings. The molecule has 5 nitrogen and oxygen atoms in total. The van der Waals surface area contributed by atoms with Crippen LogP contribution < -0.4 is 0 Å². The van der Waals surface area contributed by atoms with Gasteiger partial charge in [0.1, 0.15) is 0 Å². The summed E-state index contributed by atoms with van der Waals surface area (Å²) in [6, 6.07) is 3.39. The van der Waals surface area contributed by atoms with Crippen molar-refractivity contribution >= 4 is 24.7 Å². The molecule has 1 fully saturated rings. The Labute approximate surface area is 129 Å². The van der Waals surface area contributed by atoms with E-state index in [-0.39, 0.29) is 6.42 Å². The predicted octanol–water partition coefficient (Wildman–Crippen LogP) is 2.92. The minimum absolute atomic E-state index is 0.159. The number of carboxylic acids is 1. The zero-order valence-electron chi connectivity index (χ0n) is 12.6. The summed E-state index contributed by atoms with van der Waals surface area (Å²) >= 11 is 6.16. The summed E-state index contributed by atoms with van der Waals surface area (Å²) in [4.78, 5) is 15.4. The van der Waals surface area contributed by atoms with Gasteiger partial charge in [-0.2, -0.15) is 0 Å². The summed E-state index contributed by atoms with van der Waals surface area (Å²) < 4.78 is 11.9. The van der Waals surface area contributed by atoms with E-state index in [4.69, 9.17) is 20.9 Å². The first-order valence-electron chi connectivity index (χ1n) is 6.82. The maximum absolute atomic E-state index is 11.2. The summed E-state index contributed by atoms with van der Waals surface area (Å²) in [6.45, 7) is 7.69. The van der Waals surface area contributed by atoms with Crippen LogP contribution in [0.2, 0.25) is 5.02 Å². The fourth-order valence-electron chi connectivity index (χ4n) is 2.23. The molecule has 7 heteroatoms. The average Bonchev–Trinajstić information content (AvgIpc) is 2.56. The molecule has 21 heavy (non-hydrogen) atoms. The number of aromatic nitrogens is 1. The van der Waals surface area contributed by atoms with Crippen LogP contribution in [0.15, 0.2) is 18.3 Å². The Kier molecular flexibility index (Phi) is 4.33. The van der Waals surface area contributed by atoms with Crippen LogP contribution in [0.5, 0.6) is 0 Å². The van der Waals surface area contributed by atoms with Gasteiger partial charge in [-0.3, -0.25) is 9.78 Å². The number of pyridine rings is 1. The molecule has 0 saturated carbocycles. The topological polar surface area (TPSA) is 68.7 Å². The lowest BCUT2D eigenvalue weighted by molar-refractivity contribution is -0.137. The number of nitrogens with zero attached hydrogens (tertiary/aromatic N) is 1. The lowest BCUT2D eigenvalue weighted by Gasteiger charge is -2.32. The Bertz CT molecular complexity index is 534. The van der Waals surface area contributed by atoms with Crippen molar-refractivity contribution in [1.29, 1.82) is 0 Å². The van der Waals surface area contributed by atoms with Crippen molar-refractivity contribution in [3.05, 3.63) is 29.0 Å². The molecule has 1 aliphatic rings. The Morgan fingerprint density at radius 3 is 2.43 bits per heavy atom. The number of rotatable bonds is 4. The van der Waals surface area contributed by atoms with E-state index in [0.29, 0.717) is 10.7 Å². The molecule has 0 aromatic carbocycles. The van der Waals surface area contributed by atoms with Crippen LogP contribution >= 0.6 is 11.6 Å². The molecule has 0 spiro atoms. The molecular formula is C14H19BClNO4. The average molecular weight is 312 g/mol. The smallest absolute Gasteiger partial charge is 0.468 e. The van der Waals surface area contributed by atoms with E-state index in [1.54, 1.807) is 18.3 Å². The maximum atomic E-state index is 11.2. The SMILES string of the molecule is CC1(C)OB(C(CC(=O)O)c2ncccc2Cl)OC1(C)C. The van der Waals surface area contributed by atoms with Crippen molar-refractivity contribution in [2.24, 2.45) is 0 Å². The van der Waals surface area contributed by atoms with Gasteiger partial charge in [-0.15, -0.1) is 0 Å². The van der Waals surface area contributed by atoms with Crippen LogP contribution in [-0.2, 0) is 14.1 Å². The van der Waals surface area contributed by atoms with Crippen LogP contribution in [-0.4, -0.2) is 34.4 Å². The standard InChI is InChI=1S/C14H19BClNO4/c1-13(2)14(3,4)21-15(20-13)9(8-11(18)19)12-10(16)6-5-7-17-12/h5-7,9H,8H2,1-4H3,(H,18,19). The van der Waals surface area contributed by atoms with E-state index in [1.165, 1.54) is 0 Å². The van der Waals surface area contributed by atoms with Gasteiger partial charge >= 0.3 is 13.1 Å². The fourth-order valence-corrected chi connectivity index (χ4v) is 2.50. The van der Waals surface area contributed by atoms with Crippen molar-refractivity contribution in [2.75, 3.05) is 0 Å². The summed E-state index contributed by atoms with van der Waals surface area (Å²) in [5.41, 5.74) is -0.578. The third-order valence-corrected chi connectivity index (χ3v) is 4.45. The van der Waals surface area contributed by atoms with E-state index in [1.807, 2.05) is 27.7 Å². The van der Waals surface area contributed by atoms with Crippen LogP contribution in [0.4, 0.5) is 0 Å². The Morgan fingerprint density at radius 2 is 1.95 bits per heavy atom. The largest absolute Gasteiger partial charge is 0.481 e. The quantitative estimate of drug-likeness (QED) is 0.866. The van der Waals surface area contributed by atoms with Gasteiger partial charge in [0, 0.05) is 12.0 Å². The molecule has 0 amide bonds. The van der Waals surface area contributed by atoms with Gasteiger partial charge in [0.2, 0.25) is 0 Å². The minimum Gasteiger partial charge on any atom is -0.481 e. The molecule has 1 unspecified atom stereocenters. The normalized spacial score (nSPS) is 21.3. The molecule has 0 radical (unpaired) electrons. The highest BCUT2D eigenvalue weighted by molar-refractivity contribution is 6.48. The number of hydrogen-bond acceptors (Lipinski definition) is 4. The van der Waals surface area contributed by atoms with Crippen LogP contribution in [0, 0.1) is 0 Å². The van der Waals surface area contributed by atoms with Gasteiger partial charge in [0.05, 0.1) is 28.3 Å². The highest BCUT2D eigenvalue weighted by Gasteiger charge is 2.54. The second-order valence-corrected chi connectivity index (χ2v) is 6.61. The number of hydrogen-bond donors (Lipinski definition) is 1. The van der Waals surface area contributed by atoms with Crippen molar-refractivity contribution in [3.8, 4) is 0 Å². The first-order valence-corrected chi connectivity index (χ1v) is 7.20. The van der Waals surface area contributed by atoms with Crippen molar-refractivity contribution in [3.63, 3.8) is 0 Å². The molecule has 1 aromatic heterocycles. The van der Waals surface area contributed by atoms with Gasteiger partial charge in [-0.05, 0) is 39.8 Å². The van der Waals surface area contributed by atoms with Crippen molar-refractivity contribution in [1.82, 2.24) is 4.98 Å². The molecule has 2 heterocycles. The molecule has 2 rings (SSSR count). The molecule has 114 valence electrons. The van der Waals surface area contributed by atoms with Crippen LogP contribution in [0.3, 0.4) is 0 Å². The van der Waals surface area contributed by atoms with Crippen LogP contribution in [0.1, 0.15) is 45.6 Å². The highest BCUT2D eigenvalue weighted by Crippen LogP contribution is 2.42. The summed E-state index contributed by atoms with van der Waals surface area (Å²) in [5, 5.41) is 9.59. The van der Waals surface area contributed by atoms with Crippen molar-refractivity contribution in [2.45, 2.75) is 51.1 Å². The third-order valence-electron chi connectivity index (χ3n) is 4.13. The van der Waals surface area contributed by atoms with E-state index in [2.05, 4.69) is 4.98 Å². The second-order valence-electron chi connectivity index (χ2n) is 6.20. The summed E-state index contributed by atoms with van der Waals surface area (Å²) in [6.07, 6.45) is 1.43. The lowest BCUT2D eigenvalue weighted by atomic mass is 9.68. The van der Waals surface area contributed by atoms with Gasteiger partial charge in [0.15, 0.2) is 0 Å². The molecule has 1 N–H and O–H groups in total. The highest BCUT2D eigenvalue weighted by atomic mass is 35.5. The predicted molar refractivity (Wildman–Crippen MR) is 80.3 cm³/mol. The molecule has 1 aliphatic heterocycles. The lowest BCUT2D eigenvalue weighted by Crippen LogP contribution is -2.41. The second kappa shape index (κ2) is 5.59. The minimum atomic E-state index is -0.948. The number of carboxylic acid groups (broad SMARTS) is 1. The molecule has 1 saturated heterocycles. The summed E-state index contributed by atoms with van der Waals surface area (Å²) in [7, 11) is -0.696. The number of halogens is 1. The first kappa shape index (κ1) is 16.3. The first-order chi connectivity index (χ1) is 9.64. The monoisotopic (exact) mass is 311 g/mol. The van der Waals surface area contributed by atoms with Crippen molar-refractivity contribution < 1.29 is 19.2 Å².